The summed E-state index contributed by atoms with van der Waals surface area (Å²) in [5, 5.41) is 0. The summed E-state index contributed by atoms with van der Waals surface area (Å²) in [5.74, 6) is 1.51. The minimum atomic E-state index is -0.475. The van der Waals surface area contributed by atoms with Crippen LogP contribution < -0.4 is 14.2 Å². The lowest BCUT2D eigenvalue weighted by atomic mass is 9.84. The fraction of sp³-hybridized carbons (Fsp3) is 0.316. The minimum Gasteiger partial charge on any atom is -0.496 e. The summed E-state index contributed by atoms with van der Waals surface area (Å²) in [6.45, 7) is 5.55. The van der Waals surface area contributed by atoms with E-state index in [0.717, 1.165) is 16.7 Å². The molecular formula is C19H20O4. The molecule has 1 aliphatic heterocycles. The molecule has 3 rings (SSSR count). The Morgan fingerprint density at radius 1 is 1.13 bits per heavy atom. The van der Waals surface area contributed by atoms with Crippen LogP contribution in [-0.2, 0) is 5.60 Å². The number of carbonyl (C=O) groups is 1. The molecule has 2 aromatic rings. The molecule has 0 atom stereocenters. The predicted molar refractivity (Wildman–Crippen MR) is 88.6 cm³/mol. The standard InChI is InChI=1S/C19H20O4/c1-11(20)16-14(21-4)10-15-17(18(16)22-5)12-8-6-7-9-13(12)19(2,3)23-15/h6-10H,1-5H3. The zero-order valence-electron chi connectivity index (χ0n) is 14.0. The second-order valence-corrected chi connectivity index (χ2v) is 6.07. The number of fused-ring (bicyclic) bond motifs is 3. The van der Waals surface area contributed by atoms with Crippen LogP contribution in [0.25, 0.3) is 11.1 Å². The highest BCUT2D eigenvalue weighted by molar-refractivity contribution is 6.03. The van der Waals surface area contributed by atoms with Crippen molar-refractivity contribution in [2.24, 2.45) is 0 Å². The van der Waals surface area contributed by atoms with Crippen LogP contribution in [0.4, 0.5) is 0 Å². The van der Waals surface area contributed by atoms with E-state index < -0.39 is 5.60 Å². The normalized spacial score (nSPS) is 14.3. The summed E-state index contributed by atoms with van der Waals surface area (Å²) in [4.78, 5) is 12.1. The van der Waals surface area contributed by atoms with Crippen LogP contribution >= 0.6 is 0 Å². The first-order valence-electron chi connectivity index (χ1n) is 7.49. The molecule has 0 unspecified atom stereocenters. The van der Waals surface area contributed by atoms with E-state index in [0.29, 0.717) is 22.8 Å². The number of carbonyl (C=O) groups excluding carboxylic acids is 1. The third-order valence-electron chi connectivity index (χ3n) is 4.20. The first-order valence-corrected chi connectivity index (χ1v) is 7.49. The van der Waals surface area contributed by atoms with E-state index in [1.165, 1.54) is 14.0 Å². The second-order valence-electron chi connectivity index (χ2n) is 6.07. The average Bonchev–Trinajstić information content (AvgIpc) is 2.52. The number of benzene rings is 2. The van der Waals surface area contributed by atoms with E-state index in [1.807, 2.05) is 38.1 Å². The van der Waals surface area contributed by atoms with Crippen LogP contribution in [0, 0.1) is 0 Å². The van der Waals surface area contributed by atoms with Crippen molar-refractivity contribution in [2.75, 3.05) is 14.2 Å². The van der Waals surface area contributed by atoms with Gasteiger partial charge in [-0.05, 0) is 26.3 Å². The third kappa shape index (κ3) is 2.25. The number of Topliss-reactive ketones (excluding diaryl/α,β-unsaturated/α-hetero) is 1. The van der Waals surface area contributed by atoms with E-state index in [2.05, 4.69) is 0 Å². The molecule has 4 nitrogen and oxygen atoms in total. The van der Waals surface area contributed by atoms with Crippen LogP contribution in [-0.4, -0.2) is 20.0 Å². The molecule has 0 saturated heterocycles. The quantitative estimate of drug-likeness (QED) is 0.797. The maximum atomic E-state index is 12.1. The largest absolute Gasteiger partial charge is 0.496 e. The van der Waals surface area contributed by atoms with Crippen molar-refractivity contribution in [3.05, 3.63) is 41.5 Å². The van der Waals surface area contributed by atoms with Crippen LogP contribution in [0.1, 0.15) is 36.7 Å². The van der Waals surface area contributed by atoms with Gasteiger partial charge in [-0.1, -0.05) is 24.3 Å². The summed E-state index contributed by atoms with van der Waals surface area (Å²) >= 11 is 0. The summed E-state index contributed by atoms with van der Waals surface area (Å²) in [5.41, 5.74) is 2.84. The fourth-order valence-electron chi connectivity index (χ4n) is 3.20. The summed E-state index contributed by atoms with van der Waals surface area (Å²) in [6, 6.07) is 9.79. The SMILES string of the molecule is COc1cc2c(c(OC)c1C(C)=O)-c1ccccc1C(C)(C)O2. The zero-order valence-corrected chi connectivity index (χ0v) is 14.0. The van der Waals surface area contributed by atoms with Crippen molar-refractivity contribution in [2.45, 2.75) is 26.4 Å². The number of hydrogen-bond acceptors (Lipinski definition) is 4. The van der Waals surface area contributed by atoms with Crippen LogP contribution in [0.5, 0.6) is 17.2 Å². The molecule has 0 bridgehead atoms. The molecule has 0 aromatic heterocycles. The molecule has 0 spiro atoms. The van der Waals surface area contributed by atoms with E-state index in [4.69, 9.17) is 14.2 Å². The van der Waals surface area contributed by atoms with Gasteiger partial charge in [0.15, 0.2) is 5.78 Å². The number of hydrogen-bond donors (Lipinski definition) is 0. The second kappa shape index (κ2) is 5.30. The Morgan fingerprint density at radius 3 is 2.43 bits per heavy atom. The van der Waals surface area contributed by atoms with Crippen molar-refractivity contribution in [1.29, 1.82) is 0 Å². The lowest BCUT2D eigenvalue weighted by molar-refractivity contribution is 0.100. The van der Waals surface area contributed by atoms with E-state index in [-0.39, 0.29) is 5.78 Å². The highest BCUT2D eigenvalue weighted by Gasteiger charge is 2.36. The van der Waals surface area contributed by atoms with Crippen molar-refractivity contribution in [1.82, 2.24) is 0 Å². The summed E-state index contributed by atoms with van der Waals surface area (Å²) in [7, 11) is 3.10. The van der Waals surface area contributed by atoms with Gasteiger partial charge in [0.1, 0.15) is 28.4 Å². The van der Waals surface area contributed by atoms with Gasteiger partial charge in [0, 0.05) is 11.6 Å². The molecule has 0 fully saturated rings. The van der Waals surface area contributed by atoms with Crippen molar-refractivity contribution >= 4 is 5.78 Å². The van der Waals surface area contributed by atoms with Crippen molar-refractivity contribution in [3.8, 4) is 28.4 Å². The molecule has 23 heavy (non-hydrogen) atoms. The molecule has 0 amide bonds. The van der Waals surface area contributed by atoms with Gasteiger partial charge in [0.2, 0.25) is 0 Å². The number of ketones is 1. The zero-order chi connectivity index (χ0) is 16.8. The smallest absolute Gasteiger partial charge is 0.167 e. The Morgan fingerprint density at radius 2 is 1.83 bits per heavy atom. The Balaban J connectivity index is 2.42. The van der Waals surface area contributed by atoms with E-state index >= 15 is 0 Å². The Hall–Kier alpha value is -2.49. The first kappa shape index (κ1) is 15.4. The molecule has 1 aliphatic rings. The first-order chi connectivity index (χ1) is 10.9. The summed E-state index contributed by atoms with van der Waals surface area (Å²) < 4.78 is 17.2. The minimum absolute atomic E-state index is 0.108. The molecule has 120 valence electrons. The Labute approximate surface area is 136 Å². The predicted octanol–water partition coefficient (Wildman–Crippen LogP) is 4.20. The van der Waals surface area contributed by atoms with Gasteiger partial charge in [-0.25, -0.2) is 0 Å². The van der Waals surface area contributed by atoms with Gasteiger partial charge in [-0.3, -0.25) is 4.79 Å². The lowest BCUT2D eigenvalue weighted by Gasteiger charge is -2.36. The monoisotopic (exact) mass is 312 g/mol. The van der Waals surface area contributed by atoms with Gasteiger partial charge in [0.05, 0.1) is 19.8 Å². The lowest BCUT2D eigenvalue weighted by Crippen LogP contribution is -2.29. The van der Waals surface area contributed by atoms with Gasteiger partial charge < -0.3 is 14.2 Å². The van der Waals surface area contributed by atoms with E-state index in [1.54, 1.807) is 13.2 Å². The fourth-order valence-corrected chi connectivity index (χ4v) is 3.20. The van der Waals surface area contributed by atoms with Crippen molar-refractivity contribution in [3.63, 3.8) is 0 Å². The maximum absolute atomic E-state index is 12.1. The average molecular weight is 312 g/mol. The Bertz CT molecular complexity index is 790. The molecule has 0 N–H and O–H groups in total. The third-order valence-corrected chi connectivity index (χ3v) is 4.20. The Kier molecular flexibility index (Phi) is 3.55. The highest BCUT2D eigenvalue weighted by atomic mass is 16.5. The molecule has 2 aromatic carbocycles. The summed E-state index contributed by atoms with van der Waals surface area (Å²) in [6.07, 6.45) is 0. The molecule has 4 heteroatoms. The van der Waals surface area contributed by atoms with Crippen LogP contribution in [0.2, 0.25) is 0 Å². The molecule has 1 heterocycles. The van der Waals surface area contributed by atoms with Crippen LogP contribution in [0.3, 0.4) is 0 Å². The molecule has 0 saturated carbocycles. The maximum Gasteiger partial charge on any atom is 0.167 e. The van der Waals surface area contributed by atoms with Crippen LogP contribution in [0.15, 0.2) is 30.3 Å². The van der Waals surface area contributed by atoms with E-state index in [9.17, 15) is 4.79 Å². The molecule has 0 radical (unpaired) electrons. The number of rotatable bonds is 3. The van der Waals surface area contributed by atoms with Crippen molar-refractivity contribution < 1.29 is 19.0 Å². The van der Waals surface area contributed by atoms with Gasteiger partial charge in [0.25, 0.3) is 0 Å². The van der Waals surface area contributed by atoms with Gasteiger partial charge in [-0.2, -0.15) is 0 Å². The highest BCUT2D eigenvalue weighted by Crippen LogP contribution is 2.52. The molecule has 0 aliphatic carbocycles. The topological polar surface area (TPSA) is 44.8 Å². The number of methoxy groups -OCH3 is 2. The number of ether oxygens (including phenoxy) is 3. The van der Waals surface area contributed by atoms with Gasteiger partial charge >= 0.3 is 0 Å². The van der Waals surface area contributed by atoms with Gasteiger partial charge in [-0.15, -0.1) is 0 Å². The molecular weight excluding hydrogens is 292 g/mol.